The first-order valence-corrected chi connectivity index (χ1v) is 29.3. The van der Waals surface area contributed by atoms with Crippen LogP contribution in [0.25, 0.3) is 31.3 Å². The van der Waals surface area contributed by atoms with Gasteiger partial charge in [-0.3, -0.25) is 0 Å². The first-order chi connectivity index (χ1) is 35.2. The molecule has 3 aliphatic carbocycles. The van der Waals surface area contributed by atoms with Crippen molar-refractivity contribution >= 4 is 88.7 Å². The van der Waals surface area contributed by atoms with E-state index in [2.05, 4.69) is 236 Å². The van der Waals surface area contributed by atoms with Gasteiger partial charge in [0.25, 0.3) is 6.71 Å². The van der Waals surface area contributed by atoms with Crippen molar-refractivity contribution in [2.75, 3.05) is 9.80 Å². The summed E-state index contributed by atoms with van der Waals surface area (Å²) in [7, 11) is 0. The highest BCUT2D eigenvalue weighted by Crippen LogP contribution is 2.57. The third-order valence-corrected chi connectivity index (χ3v) is 21.3. The molecule has 5 aliphatic rings. The number of fused-ring (bicyclic) bond motifs is 11. The van der Waals surface area contributed by atoms with Crippen LogP contribution in [0, 0.1) is 6.92 Å². The van der Waals surface area contributed by atoms with Crippen molar-refractivity contribution < 1.29 is 0 Å². The van der Waals surface area contributed by atoms with Gasteiger partial charge in [-0.2, -0.15) is 0 Å². The maximum absolute atomic E-state index is 2.80. The van der Waals surface area contributed by atoms with Crippen molar-refractivity contribution in [1.29, 1.82) is 0 Å². The summed E-state index contributed by atoms with van der Waals surface area (Å²) in [6, 6.07) is 46.9. The zero-order valence-corrected chi connectivity index (χ0v) is 48.9. The summed E-state index contributed by atoms with van der Waals surface area (Å²) in [4.78, 5) is 5.54. The first kappa shape index (κ1) is 49.0. The molecule has 0 N–H and O–H groups in total. The van der Waals surface area contributed by atoms with Crippen molar-refractivity contribution in [2.45, 2.75) is 187 Å². The summed E-state index contributed by atoms with van der Waals surface area (Å²) in [5.74, 6) is 0. The third-order valence-electron chi connectivity index (χ3n) is 20.1. The molecule has 0 saturated heterocycles. The minimum absolute atomic E-state index is 0.00136. The molecule has 0 spiro atoms. The molecule has 7 aromatic carbocycles. The number of hydrogen-bond donors (Lipinski definition) is 0. The Morgan fingerprint density at radius 3 is 1.59 bits per heavy atom. The molecular formula is C71H79BN2S. The van der Waals surface area contributed by atoms with Crippen LogP contribution in [0.5, 0.6) is 0 Å². The third kappa shape index (κ3) is 7.15. The van der Waals surface area contributed by atoms with Gasteiger partial charge in [-0.25, -0.2) is 0 Å². The summed E-state index contributed by atoms with van der Waals surface area (Å²) in [5, 5.41) is 2.78. The van der Waals surface area contributed by atoms with Crippen molar-refractivity contribution in [2.24, 2.45) is 0 Å². The lowest BCUT2D eigenvalue weighted by molar-refractivity contribution is 0.332. The van der Waals surface area contributed by atoms with Crippen LogP contribution in [0.2, 0.25) is 0 Å². The van der Waals surface area contributed by atoms with E-state index in [1.54, 1.807) is 0 Å². The van der Waals surface area contributed by atoms with Crippen LogP contribution >= 0.6 is 11.3 Å². The van der Waals surface area contributed by atoms with Crippen molar-refractivity contribution in [3.05, 3.63) is 160 Å². The van der Waals surface area contributed by atoms with Crippen LogP contribution < -0.4 is 26.2 Å². The topological polar surface area (TPSA) is 6.48 Å². The number of aryl methyl sites for hydroxylation is 1. The Morgan fingerprint density at radius 2 is 0.987 bits per heavy atom. The first-order valence-electron chi connectivity index (χ1n) is 28.5. The zero-order valence-electron chi connectivity index (χ0n) is 48.1. The minimum Gasteiger partial charge on any atom is -0.311 e. The molecule has 0 amide bonds. The molecule has 1 aromatic heterocycles. The summed E-state index contributed by atoms with van der Waals surface area (Å²) < 4.78 is 2.75. The standard InChI is InChI=1S/C71H79BN2S/c1-42-35-49-52(70(13,14)33-31-67(49,7)8)40-56(42)74-59-37-44(43-21-18-17-19-22-43)36-58-62(59)72(54-28-26-46-61-48(65(2,3)4)23-20-24-60(61)75-64(46)63(54)74)55-39-51-53(71(15,16)34-32-69(51,11)12)41-57(55)73(58)45-25-27-47-50(38-45)68(9,10)30-29-66(47,5)6/h17-28,35-41H,29-34H2,1-16H3. The van der Waals surface area contributed by atoms with Gasteiger partial charge in [0.2, 0.25) is 0 Å². The van der Waals surface area contributed by atoms with Gasteiger partial charge in [-0.05, 0) is 198 Å². The molecule has 0 bridgehead atoms. The van der Waals surface area contributed by atoms with Gasteiger partial charge in [-0.1, -0.05) is 177 Å². The van der Waals surface area contributed by atoms with Crippen LogP contribution in [-0.4, -0.2) is 6.71 Å². The number of benzene rings is 7. The molecule has 0 fully saturated rings. The summed E-state index contributed by atoms with van der Waals surface area (Å²) in [6.45, 7) is 39.4. The van der Waals surface area contributed by atoms with Crippen LogP contribution in [0.1, 0.15) is 187 Å². The van der Waals surface area contributed by atoms with Crippen molar-refractivity contribution in [3.63, 3.8) is 0 Å². The van der Waals surface area contributed by atoms with E-state index in [0.29, 0.717) is 0 Å². The number of hydrogen-bond acceptors (Lipinski definition) is 3. The maximum atomic E-state index is 2.80. The highest BCUT2D eigenvalue weighted by molar-refractivity contribution is 7.26. The normalized spacial score (nSPS) is 20.0. The molecule has 8 aromatic rings. The van der Waals surface area contributed by atoms with Gasteiger partial charge in [0.05, 0.1) is 10.4 Å². The Morgan fingerprint density at radius 1 is 0.453 bits per heavy atom. The lowest BCUT2D eigenvalue weighted by Crippen LogP contribution is -2.62. The van der Waals surface area contributed by atoms with Gasteiger partial charge in [-0.15, -0.1) is 11.3 Å². The van der Waals surface area contributed by atoms with E-state index >= 15 is 0 Å². The highest BCUT2D eigenvalue weighted by atomic mass is 32.1. The maximum Gasteiger partial charge on any atom is 0.252 e. The van der Waals surface area contributed by atoms with Gasteiger partial charge in [0.1, 0.15) is 0 Å². The largest absolute Gasteiger partial charge is 0.311 e. The molecular weight excluding hydrogens is 924 g/mol. The van der Waals surface area contributed by atoms with Gasteiger partial charge in [0, 0.05) is 43.9 Å². The molecule has 0 unspecified atom stereocenters. The highest BCUT2D eigenvalue weighted by Gasteiger charge is 2.49. The smallest absolute Gasteiger partial charge is 0.252 e. The predicted molar refractivity (Wildman–Crippen MR) is 328 cm³/mol. The lowest BCUT2D eigenvalue weighted by Gasteiger charge is -2.48. The summed E-state index contributed by atoms with van der Waals surface area (Å²) >= 11 is 2.01. The monoisotopic (exact) mass is 1000 g/mol. The minimum atomic E-state index is -0.0181. The molecule has 2 aliphatic heterocycles. The van der Waals surface area contributed by atoms with E-state index in [1.165, 1.54) is 165 Å². The molecule has 4 heteroatoms. The fraction of sp³-hybridized carbons (Fsp3) is 0.408. The van der Waals surface area contributed by atoms with Gasteiger partial charge in [0.15, 0.2) is 0 Å². The Balaban J connectivity index is 1.21. The second-order valence-electron chi connectivity index (χ2n) is 29.0. The number of rotatable bonds is 3. The van der Waals surface area contributed by atoms with E-state index < -0.39 is 0 Å². The Kier molecular flexibility index (Phi) is 10.3. The average molecular weight is 1000 g/mol. The second kappa shape index (κ2) is 15.8. The van der Waals surface area contributed by atoms with E-state index in [-0.39, 0.29) is 44.6 Å². The predicted octanol–water partition coefficient (Wildman–Crippen LogP) is 18.5. The van der Waals surface area contributed by atoms with Crippen LogP contribution in [0.3, 0.4) is 0 Å². The molecule has 2 nitrogen and oxygen atoms in total. The molecule has 0 radical (unpaired) electrons. The fourth-order valence-electron chi connectivity index (χ4n) is 15.0. The quantitative estimate of drug-likeness (QED) is 0.163. The molecule has 0 atom stereocenters. The SMILES string of the molecule is Cc1cc2c(cc1N1c3cc(-c4ccccc4)cc4c3B(c3cc5c(cc3N4c3ccc4c(c3)C(C)(C)CCC4(C)C)C(C)(C)CCC5(C)C)c3ccc4c(sc5cccc(C(C)(C)C)c54)c31)C(C)(C)CCC2(C)C. The Labute approximate surface area is 454 Å². The fourth-order valence-corrected chi connectivity index (χ4v) is 16.3. The van der Waals surface area contributed by atoms with Crippen molar-refractivity contribution in [1.82, 2.24) is 0 Å². The molecule has 75 heavy (non-hydrogen) atoms. The van der Waals surface area contributed by atoms with Crippen LogP contribution in [0.15, 0.2) is 115 Å². The van der Waals surface area contributed by atoms with Crippen molar-refractivity contribution in [3.8, 4) is 11.1 Å². The Hall–Kier alpha value is -5.58. The van der Waals surface area contributed by atoms with E-state index in [4.69, 9.17) is 0 Å². The summed E-state index contributed by atoms with van der Waals surface area (Å²) in [5.41, 5.74) is 26.7. The molecule has 0 saturated carbocycles. The van der Waals surface area contributed by atoms with Crippen LogP contribution in [-0.2, 0) is 37.9 Å². The Bertz CT molecular complexity index is 3740. The average Bonchev–Trinajstić information content (AvgIpc) is 3.76. The van der Waals surface area contributed by atoms with E-state index in [1.807, 2.05) is 11.3 Å². The van der Waals surface area contributed by atoms with Crippen LogP contribution in [0.4, 0.5) is 34.1 Å². The molecule has 382 valence electrons. The second-order valence-corrected chi connectivity index (χ2v) is 30.0. The van der Waals surface area contributed by atoms with E-state index in [9.17, 15) is 0 Å². The number of thiophene rings is 1. The van der Waals surface area contributed by atoms with E-state index in [0.717, 1.165) is 0 Å². The van der Waals surface area contributed by atoms with Gasteiger partial charge < -0.3 is 9.80 Å². The number of nitrogens with zero attached hydrogens (tertiary/aromatic N) is 2. The molecule has 3 heterocycles. The number of anilines is 6. The zero-order chi connectivity index (χ0) is 52.9. The van der Waals surface area contributed by atoms with Gasteiger partial charge >= 0.3 is 0 Å². The molecule has 13 rings (SSSR count). The lowest BCUT2D eigenvalue weighted by atomic mass is 9.33. The summed E-state index contributed by atoms with van der Waals surface area (Å²) in [6.07, 6.45) is 7.07.